The molecule has 6 nitrogen and oxygen atoms in total. The Morgan fingerprint density at radius 1 is 0.574 bits per heavy atom. The molecule has 47 heavy (non-hydrogen) atoms. The molecule has 4 aromatic carbocycles. The molecule has 7 rings (SSSR count). The summed E-state index contributed by atoms with van der Waals surface area (Å²) in [4.78, 5) is 20.9. The summed E-state index contributed by atoms with van der Waals surface area (Å²) in [5, 5.41) is 27.7. The molecule has 0 aliphatic carbocycles. The number of aryl methyl sites for hydroxylation is 1. The maximum Gasteiger partial charge on any atom is 0.133 e. The molecule has 8 bridgehead atoms. The van der Waals surface area contributed by atoms with Crippen LogP contribution in [0.5, 0.6) is 11.5 Å². The van der Waals surface area contributed by atoms with Crippen molar-refractivity contribution in [2.45, 2.75) is 50.8 Å². The van der Waals surface area contributed by atoms with Crippen molar-refractivity contribution >= 4 is 77.2 Å². The predicted octanol–water partition coefficient (Wildman–Crippen LogP) is 10.5. The van der Waals surface area contributed by atoms with Gasteiger partial charge in [-0.15, -0.1) is 11.8 Å². The molecule has 2 N–H and O–H groups in total. The van der Waals surface area contributed by atoms with Crippen LogP contribution in [0.2, 0.25) is 0 Å². The second-order valence-electron chi connectivity index (χ2n) is 11.9. The molecule has 0 unspecified atom stereocenters. The number of benzene rings is 4. The van der Waals surface area contributed by atoms with Crippen LogP contribution in [0.4, 0.5) is 0 Å². The van der Waals surface area contributed by atoms with E-state index in [9.17, 15) is 10.2 Å². The molecule has 7 heteroatoms. The van der Waals surface area contributed by atoms with Crippen molar-refractivity contribution in [3.8, 4) is 11.5 Å². The zero-order chi connectivity index (χ0) is 32.3. The van der Waals surface area contributed by atoms with E-state index in [4.69, 9.17) is 19.9 Å². The van der Waals surface area contributed by atoms with E-state index in [0.29, 0.717) is 43.6 Å². The van der Waals surface area contributed by atoms with Gasteiger partial charge in [0.05, 0.1) is 33.1 Å². The van der Waals surface area contributed by atoms with Gasteiger partial charge >= 0.3 is 0 Å². The number of hydrogen-bond acceptors (Lipinski definition) is 7. The van der Waals surface area contributed by atoms with Gasteiger partial charge in [0, 0.05) is 49.6 Å². The molecule has 7 aromatic rings. The van der Waals surface area contributed by atoms with Crippen molar-refractivity contribution in [3.05, 3.63) is 103 Å². The van der Waals surface area contributed by atoms with Crippen LogP contribution in [-0.2, 0) is 6.42 Å². The number of hydrogen-bond donors (Lipinski definition) is 2. The van der Waals surface area contributed by atoms with Crippen molar-refractivity contribution in [1.29, 1.82) is 0 Å². The lowest BCUT2D eigenvalue weighted by Crippen LogP contribution is -1.89. The van der Waals surface area contributed by atoms with Crippen molar-refractivity contribution < 1.29 is 10.2 Å². The van der Waals surface area contributed by atoms with Gasteiger partial charge in [0.2, 0.25) is 0 Å². The number of fused-ring (bicyclic) bond motifs is 9. The quantitative estimate of drug-likeness (QED) is 0.102. The first-order valence-electron chi connectivity index (χ1n) is 16.3. The van der Waals surface area contributed by atoms with Gasteiger partial charge in [0.25, 0.3) is 0 Å². The first-order valence-corrected chi connectivity index (χ1v) is 17.2. The van der Waals surface area contributed by atoms with Crippen LogP contribution in [0.25, 0.3) is 65.4 Å². The molecule has 234 valence electrons. The van der Waals surface area contributed by atoms with Gasteiger partial charge in [-0.1, -0.05) is 63.1 Å². The number of thioether (sulfide) groups is 1. The van der Waals surface area contributed by atoms with E-state index in [0.717, 1.165) is 70.1 Å². The van der Waals surface area contributed by atoms with E-state index < -0.39 is 0 Å². The number of aromatic hydroxyl groups is 2. The minimum atomic E-state index is 0.121. The summed E-state index contributed by atoms with van der Waals surface area (Å²) in [7, 11) is 0. The van der Waals surface area contributed by atoms with Crippen LogP contribution in [-0.4, -0.2) is 35.9 Å². The molecule has 0 atom stereocenters. The van der Waals surface area contributed by atoms with E-state index >= 15 is 0 Å². The highest BCUT2D eigenvalue weighted by molar-refractivity contribution is 7.99. The Bertz CT molecular complexity index is 2410. The molecule has 3 aromatic heterocycles. The van der Waals surface area contributed by atoms with Gasteiger partial charge in [-0.05, 0) is 79.1 Å². The third-order valence-corrected chi connectivity index (χ3v) is 9.60. The Kier molecular flexibility index (Phi) is 8.72. The first-order chi connectivity index (χ1) is 23.0. The SMILES string of the molecule is CCCCSc1cc2cnc3ccccc3ncc3cc(CCCC)cc(c3O)c3ccc4ccc5ccc(nc5c4n3)c(c1)c2O. The normalized spacial score (nSPS) is 11.5. The second-order valence-corrected chi connectivity index (χ2v) is 13.1. The second kappa shape index (κ2) is 13.4. The van der Waals surface area contributed by atoms with Crippen LogP contribution < -0.4 is 0 Å². The van der Waals surface area contributed by atoms with Gasteiger partial charge < -0.3 is 10.2 Å². The molecule has 0 aliphatic rings. The summed E-state index contributed by atoms with van der Waals surface area (Å²) in [5.74, 6) is 1.23. The lowest BCUT2D eigenvalue weighted by Gasteiger charge is -2.08. The molecule has 3 heterocycles. The standard InChI is InChI=1S/C40H36N4O2S/c1-3-5-9-25-19-28-23-41-35-10-7-8-11-36(35)42-24-29-21-30(47-18-6-4-2)22-32(40(29)46)34-17-15-27-13-12-26-14-16-33(31(20-25)39(28)45)43-37(26)38(27)44-34/h7-8,10-17,19-24,45-46H,3-6,9,18H2,1-2H3. The maximum atomic E-state index is 11.7. The number of aromatic nitrogens is 4. The lowest BCUT2D eigenvalue weighted by molar-refractivity contribution is 0.486. The van der Waals surface area contributed by atoms with E-state index in [-0.39, 0.29) is 11.5 Å². The average Bonchev–Trinajstić information content (AvgIpc) is 3.10. The van der Waals surface area contributed by atoms with E-state index in [1.807, 2.05) is 84.9 Å². The van der Waals surface area contributed by atoms with Crippen LogP contribution in [0.15, 0.2) is 102 Å². The Hall–Kier alpha value is -5.01. The van der Waals surface area contributed by atoms with Gasteiger partial charge in [-0.3, -0.25) is 9.97 Å². The highest BCUT2D eigenvalue weighted by Crippen LogP contribution is 2.35. The van der Waals surface area contributed by atoms with Crippen molar-refractivity contribution in [2.24, 2.45) is 0 Å². The van der Waals surface area contributed by atoms with Crippen molar-refractivity contribution in [1.82, 2.24) is 19.9 Å². The third-order valence-electron chi connectivity index (χ3n) is 8.54. The van der Waals surface area contributed by atoms with Gasteiger partial charge in [0.15, 0.2) is 0 Å². The lowest BCUT2D eigenvalue weighted by atomic mass is 10.0. The fourth-order valence-corrected chi connectivity index (χ4v) is 6.99. The first kappa shape index (κ1) is 30.6. The highest BCUT2D eigenvalue weighted by atomic mass is 32.2. The minimum Gasteiger partial charge on any atom is -0.507 e. The van der Waals surface area contributed by atoms with Gasteiger partial charge in [-0.2, -0.15) is 0 Å². The number of para-hydroxylation sites is 2. The smallest absolute Gasteiger partial charge is 0.133 e. The zero-order valence-electron chi connectivity index (χ0n) is 26.6. The molecule has 0 fully saturated rings. The van der Waals surface area contributed by atoms with Crippen LogP contribution in [0.1, 0.15) is 45.1 Å². The molecular weight excluding hydrogens is 601 g/mol. The number of pyridine rings is 2. The van der Waals surface area contributed by atoms with Gasteiger partial charge in [0.1, 0.15) is 11.5 Å². The summed E-state index contributed by atoms with van der Waals surface area (Å²) in [6.45, 7) is 4.36. The molecule has 0 aliphatic heterocycles. The van der Waals surface area contributed by atoms with Crippen molar-refractivity contribution in [3.63, 3.8) is 0 Å². The Morgan fingerprint density at radius 2 is 1.13 bits per heavy atom. The summed E-state index contributed by atoms with van der Waals surface area (Å²) in [6, 6.07) is 27.7. The highest BCUT2D eigenvalue weighted by Gasteiger charge is 2.11. The molecule has 0 spiro atoms. The molecule has 0 amide bonds. The fourth-order valence-electron chi connectivity index (χ4n) is 5.91. The van der Waals surface area contributed by atoms with Crippen molar-refractivity contribution in [2.75, 3.05) is 5.75 Å². The molecule has 0 radical (unpaired) electrons. The predicted molar refractivity (Wildman–Crippen MR) is 197 cm³/mol. The molecule has 0 saturated carbocycles. The van der Waals surface area contributed by atoms with E-state index in [2.05, 4.69) is 13.8 Å². The summed E-state index contributed by atoms with van der Waals surface area (Å²) in [5.41, 5.74) is 5.20. The van der Waals surface area contributed by atoms with Crippen LogP contribution in [0.3, 0.4) is 0 Å². The number of rotatable bonds is 7. The Balaban J connectivity index is 1.65. The van der Waals surface area contributed by atoms with Gasteiger partial charge in [-0.25, -0.2) is 9.97 Å². The summed E-state index contributed by atoms with van der Waals surface area (Å²) < 4.78 is 0. The monoisotopic (exact) mass is 636 g/mol. The minimum absolute atomic E-state index is 0.121. The van der Waals surface area contributed by atoms with Crippen LogP contribution >= 0.6 is 11.8 Å². The number of phenolic OH excluding ortho intramolecular Hbond substituents is 2. The number of nitrogens with zero attached hydrogens (tertiary/aromatic N) is 4. The number of unbranched alkanes of at least 4 members (excludes halogenated alkanes) is 2. The maximum absolute atomic E-state index is 11.7. The zero-order valence-corrected chi connectivity index (χ0v) is 27.4. The molecule has 0 saturated heterocycles. The molecular formula is C40H36N4O2S. The Morgan fingerprint density at radius 3 is 1.72 bits per heavy atom. The topological polar surface area (TPSA) is 92.0 Å². The number of phenols is 2. The summed E-state index contributed by atoms with van der Waals surface area (Å²) >= 11 is 1.77. The fraction of sp³-hybridized carbons (Fsp3) is 0.200. The Labute approximate surface area is 277 Å². The van der Waals surface area contributed by atoms with E-state index in [1.165, 1.54) is 0 Å². The largest absolute Gasteiger partial charge is 0.507 e. The van der Waals surface area contributed by atoms with E-state index in [1.54, 1.807) is 24.2 Å². The average molecular weight is 637 g/mol. The summed E-state index contributed by atoms with van der Waals surface area (Å²) in [6.07, 6.45) is 8.60. The van der Waals surface area contributed by atoms with Crippen LogP contribution in [0, 0.1) is 0 Å². The third kappa shape index (κ3) is 6.23.